The maximum absolute atomic E-state index is 10.2. The molecule has 0 aromatic heterocycles. The largest absolute Gasteiger partial charge is 0.490 e. The minimum absolute atomic E-state index is 0.0579. The number of aliphatic hydroxyl groups is 2. The summed E-state index contributed by atoms with van der Waals surface area (Å²) in [7, 11) is 0. The average Bonchev–Trinajstić information content (AvgIpc) is 2.73. The van der Waals surface area contributed by atoms with Gasteiger partial charge in [-0.3, -0.25) is 0 Å². The van der Waals surface area contributed by atoms with Gasteiger partial charge in [-0.25, -0.2) is 0 Å². The van der Waals surface area contributed by atoms with Crippen LogP contribution in [0.1, 0.15) is 48.1 Å². The zero-order valence-corrected chi connectivity index (χ0v) is 16.4. The van der Waals surface area contributed by atoms with Crippen LogP contribution in [-0.2, 0) is 17.6 Å². The number of fused-ring (bicyclic) bond motifs is 1. The molecule has 0 amide bonds. The van der Waals surface area contributed by atoms with E-state index >= 15 is 0 Å². The Hall–Kier alpha value is -2.08. The summed E-state index contributed by atoms with van der Waals surface area (Å²) in [4.78, 5) is 0. The van der Waals surface area contributed by atoms with Crippen molar-refractivity contribution < 1.29 is 19.7 Å². The predicted molar refractivity (Wildman–Crippen MR) is 109 cm³/mol. The van der Waals surface area contributed by atoms with Crippen molar-refractivity contribution in [1.82, 2.24) is 0 Å². The summed E-state index contributed by atoms with van der Waals surface area (Å²) < 4.78 is 11.7. The van der Waals surface area contributed by atoms with E-state index in [1.165, 1.54) is 16.7 Å². The molecule has 0 aliphatic carbocycles. The number of hydrogen-bond donors (Lipinski definition) is 3. The van der Waals surface area contributed by atoms with E-state index in [-0.39, 0.29) is 18.8 Å². The molecule has 0 spiro atoms. The van der Waals surface area contributed by atoms with Crippen LogP contribution in [0, 0.1) is 0 Å². The highest BCUT2D eigenvalue weighted by molar-refractivity contribution is 5.59. The summed E-state index contributed by atoms with van der Waals surface area (Å²) in [6, 6.07) is 12.8. The molecule has 3 unspecified atom stereocenters. The van der Waals surface area contributed by atoms with Crippen molar-refractivity contribution >= 4 is 5.69 Å². The summed E-state index contributed by atoms with van der Waals surface area (Å²) in [5.41, 5.74) is 5.97. The third kappa shape index (κ3) is 4.17. The minimum Gasteiger partial charge on any atom is -0.490 e. The first kappa shape index (κ1) is 19.2. The fourth-order valence-corrected chi connectivity index (χ4v) is 4.20. The van der Waals surface area contributed by atoms with E-state index < -0.39 is 6.10 Å². The fourth-order valence-electron chi connectivity index (χ4n) is 4.20. The number of aryl methyl sites for hydroxylation is 1. The smallest absolute Gasteiger partial charge is 0.142 e. The molecular formula is C23H29NO4. The Labute approximate surface area is 166 Å². The first-order chi connectivity index (χ1) is 13.7. The zero-order valence-electron chi connectivity index (χ0n) is 16.4. The van der Waals surface area contributed by atoms with E-state index in [9.17, 15) is 10.2 Å². The quantitative estimate of drug-likeness (QED) is 0.740. The zero-order chi connectivity index (χ0) is 19.5. The number of rotatable bonds is 5. The van der Waals surface area contributed by atoms with E-state index in [0.717, 1.165) is 36.4 Å². The lowest BCUT2D eigenvalue weighted by Crippen LogP contribution is -2.33. The maximum Gasteiger partial charge on any atom is 0.142 e. The molecule has 2 aromatic carbocycles. The van der Waals surface area contributed by atoms with Crippen molar-refractivity contribution in [1.29, 1.82) is 0 Å². The Kier molecular flexibility index (Phi) is 5.85. The Morgan fingerprint density at radius 3 is 2.82 bits per heavy atom. The van der Waals surface area contributed by atoms with Crippen LogP contribution in [-0.4, -0.2) is 42.2 Å². The molecule has 2 heterocycles. The van der Waals surface area contributed by atoms with Crippen LogP contribution >= 0.6 is 0 Å². The van der Waals surface area contributed by atoms with Crippen LogP contribution in [0.3, 0.4) is 0 Å². The first-order valence-corrected chi connectivity index (χ1v) is 10.2. The molecule has 0 radical (unpaired) electrons. The van der Waals surface area contributed by atoms with Crippen LogP contribution in [0.2, 0.25) is 0 Å². The van der Waals surface area contributed by atoms with Gasteiger partial charge in [0.1, 0.15) is 12.4 Å². The number of ether oxygens (including phenoxy) is 2. The van der Waals surface area contributed by atoms with Gasteiger partial charge in [0.25, 0.3) is 0 Å². The highest BCUT2D eigenvalue weighted by atomic mass is 16.5. The van der Waals surface area contributed by atoms with Crippen LogP contribution in [0.4, 0.5) is 5.69 Å². The molecule has 1 fully saturated rings. The number of anilines is 1. The molecule has 3 atom stereocenters. The second-order valence-electron chi connectivity index (χ2n) is 7.72. The van der Waals surface area contributed by atoms with Gasteiger partial charge in [-0.1, -0.05) is 31.2 Å². The van der Waals surface area contributed by atoms with Gasteiger partial charge in [0.15, 0.2) is 0 Å². The summed E-state index contributed by atoms with van der Waals surface area (Å²) in [5.74, 6) is 0.916. The SMILES string of the molecule is CCc1ccc(C2CC(O)CC(CO)O2)cc1Cc1ccc2c(c1)NCCO2. The molecule has 5 heteroatoms. The van der Waals surface area contributed by atoms with Crippen molar-refractivity contribution in [2.45, 2.75) is 50.9 Å². The Bertz CT molecular complexity index is 822. The molecule has 3 N–H and O–H groups in total. The van der Waals surface area contributed by atoms with Gasteiger partial charge in [0, 0.05) is 19.4 Å². The standard InChI is InChI=1S/C23H29NO4/c1-2-16-4-5-17(23-13-19(26)12-20(14-25)28-23)11-18(16)9-15-3-6-22-21(10-15)24-7-8-27-22/h3-6,10-11,19-20,23-26H,2,7-9,12-14H2,1H3. The molecule has 2 aliphatic rings. The van der Waals surface area contributed by atoms with Gasteiger partial charge >= 0.3 is 0 Å². The average molecular weight is 383 g/mol. The lowest BCUT2D eigenvalue weighted by atomic mass is 9.91. The Morgan fingerprint density at radius 1 is 1.11 bits per heavy atom. The summed E-state index contributed by atoms with van der Waals surface area (Å²) in [6.07, 6.45) is 1.97. The molecule has 4 rings (SSSR count). The lowest BCUT2D eigenvalue weighted by Gasteiger charge is -2.33. The van der Waals surface area contributed by atoms with E-state index in [1.807, 2.05) is 6.07 Å². The second-order valence-corrected chi connectivity index (χ2v) is 7.72. The van der Waals surface area contributed by atoms with Crippen LogP contribution < -0.4 is 10.1 Å². The van der Waals surface area contributed by atoms with Crippen molar-refractivity contribution in [2.75, 3.05) is 25.1 Å². The van der Waals surface area contributed by atoms with E-state index in [2.05, 4.69) is 42.6 Å². The van der Waals surface area contributed by atoms with Crippen molar-refractivity contribution in [3.63, 3.8) is 0 Å². The van der Waals surface area contributed by atoms with Gasteiger partial charge in [-0.15, -0.1) is 0 Å². The molecule has 2 aliphatic heterocycles. The van der Waals surface area contributed by atoms with Crippen LogP contribution in [0.5, 0.6) is 5.75 Å². The van der Waals surface area contributed by atoms with E-state index in [4.69, 9.17) is 9.47 Å². The molecule has 0 bridgehead atoms. The first-order valence-electron chi connectivity index (χ1n) is 10.2. The Morgan fingerprint density at radius 2 is 2.00 bits per heavy atom. The third-order valence-corrected chi connectivity index (χ3v) is 5.68. The number of nitrogens with one attached hydrogen (secondary N) is 1. The molecule has 5 nitrogen and oxygen atoms in total. The number of benzene rings is 2. The van der Waals surface area contributed by atoms with E-state index in [0.29, 0.717) is 19.4 Å². The topological polar surface area (TPSA) is 71.0 Å². The second kappa shape index (κ2) is 8.52. The van der Waals surface area contributed by atoms with Crippen molar-refractivity contribution in [3.05, 3.63) is 58.7 Å². The normalized spacial score (nSPS) is 24.2. The van der Waals surface area contributed by atoms with Crippen LogP contribution in [0.25, 0.3) is 0 Å². The molecule has 2 aromatic rings. The highest BCUT2D eigenvalue weighted by Crippen LogP contribution is 2.34. The summed E-state index contributed by atoms with van der Waals surface area (Å²) in [5, 5.41) is 23.0. The van der Waals surface area contributed by atoms with Crippen molar-refractivity contribution in [2.24, 2.45) is 0 Å². The summed E-state index contributed by atoms with van der Waals surface area (Å²) in [6.45, 7) is 3.65. The monoisotopic (exact) mass is 383 g/mol. The Balaban J connectivity index is 1.59. The van der Waals surface area contributed by atoms with E-state index in [1.54, 1.807) is 0 Å². The molecule has 0 saturated carbocycles. The van der Waals surface area contributed by atoms with Crippen LogP contribution in [0.15, 0.2) is 36.4 Å². The minimum atomic E-state index is -0.433. The fraction of sp³-hybridized carbons (Fsp3) is 0.478. The van der Waals surface area contributed by atoms with Gasteiger partial charge < -0.3 is 25.0 Å². The molecule has 28 heavy (non-hydrogen) atoms. The van der Waals surface area contributed by atoms with Gasteiger partial charge in [-0.2, -0.15) is 0 Å². The molecule has 150 valence electrons. The molecule has 1 saturated heterocycles. The number of aliphatic hydroxyl groups excluding tert-OH is 2. The van der Waals surface area contributed by atoms with Gasteiger partial charge in [-0.05, 0) is 47.2 Å². The van der Waals surface area contributed by atoms with Crippen molar-refractivity contribution in [3.8, 4) is 5.75 Å². The van der Waals surface area contributed by atoms with Gasteiger partial charge in [0.2, 0.25) is 0 Å². The lowest BCUT2D eigenvalue weighted by molar-refractivity contribution is -0.113. The third-order valence-electron chi connectivity index (χ3n) is 5.68. The number of hydrogen-bond acceptors (Lipinski definition) is 5. The summed E-state index contributed by atoms with van der Waals surface area (Å²) >= 11 is 0. The molecular weight excluding hydrogens is 354 g/mol. The van der Waals surface area contributed by atoms with Gasteiger partial charge in [0.05, 0.1) is 30.6 Å². The highest BCUT2D eigenvalue weighted by Gasteiger charge is 2.29. The maximum atomic E-state index is 10.2. The predicted octanol–water partition coefficient (Wildman–Crippen LogP) is 3.22.